The van der Waals surface area contributed by atoms with Crippen molar-refractivity contribution < 1.29 is 14.3 Å². The lowest BCUT2D eigenvalue weighted by Crippen LogP contribution is -2.31. The molecule has 0 unspecified atom stereocenters. The van der Waals surface area contributed by atoms with Crippen molar-refractivity contribution >= 4 is 17.1 Å². The topological polar surface area (TPSA) is 54.6 Å². The van der Waals surface area contributed by atoms with Crippen LogP contribution < -0.4 is 0 Å². The second kappa shape index (κ2) is 6.66. The van der Waals surface area contributed by atoms with Gasteiger partial charge in [-0.2, -0.15) is 0 Å². The summed E-state index contributed by atoms with van der Waals surface area (Å²) in [6.07, 6.45) is 4.26. The van der Waals surface area contributed by atoms with Crippen LogP contribution >= 0.6 is 0 Å². The summed E-state index contributed by atoms with van der Waals surface area (Å²) in [6, 6.07) is 8.27. The van der Waals surface area contributed by atoms with E-state index in [1.165, 1.54) is 10.9 Å². The highest BCUT2D eigenvalue weighted by Crippen LogP contribution is 2.21. The van der Waals surface area contributed by atoms with Crippen LogP contribution in [0.25, 0.3) is 10.9 Å². The van der Waals surface area contributed by atoms with Crippen molar-refractivity contribution in [3.05, 3.63) is 47.9 Å². The lowest BCUT2D eigenvalue weighted by atomic mass is 10.1. The van der Waals surface area contributed by atoms with E-state index in [4.69, 9.17) is 9.47 Å². The Kier molecular flexibility index (Phi) is 4.44. The summed E-state index contributed by atoms with van der Waals surface area (Å²) in [5.74, 6) is 0.671. The van der Waals surface area contributed by atoms with Crippen molar-refractivity contribution in [2.24, 2.45) is 0 Å². The van der Waals surface area contributed by atoms with Crippen molar-refractivity contribution in [1.82, 2.24) is 9.88 Å². The molecule has 0 aliphatic carbocycles. The number of nitrogens with one attached hydrogen (secondary N) is 1. The third kappa shape index (κ3) is 3.31. The molecule has 0 radical (unpaired) electrons. The first-order valence-corrected chi connectivity index (χ1v) is 7.57. The highest BCUT2D eigenvalue weighted by molar-refractivity contribution is 5.82. The van der Waals surface area contributed by atoms with Crippen LogP contribution in [0.1, 0.15) is 18.9 Å². The van der Waals surface area contributed by atoms with E-state index >= 15 is 0 Å². The molecule has 2 aromatic rings. The second-order valence-electron chi connectivity index (χ2n) is 5.31. The summed E-state index contributed by atoms with van der Waals surface area (Å²) >= 11 is 0. The Morgan fingerprint density at radius 1 is 1.36 bits per heavy atom. The smallest absolute Gasteiger partial charge is 0.434 e. The van der Waals surface area contributed by atoms with Gasteiger partial charge in [-0.05, 0) is 31.1 Å². The lowest BCUT2D eigenvalue weighted by molar-refractivity contribution is 0.0727. The molecule has 1 aliphatic heterocycles. The number of ether oxygens (including phenoxy) is 2. The van der Waals surface area contributed by atoms with Crippen LogP contribution in [0.2, 0.25) is 0 Å². The Morgan fingerprint density at radius 3 is 3.09 bits per heavy atom. The predicted octanol–water partition coefficient (Wildman–Crippen LogP) is 3.43. The van der Waals surface area contributed by atoms with Gasteiger partial charge in [-0.15, -0.1) is 0 Å². The van der Waals surface area contributed by atoms with Crippen molar-refractivity contribution in [2.75, 3.05) is 19.7 Å². The molecular formula is C17H20N2O3. The summed E-state index contributed by atoms with van der Waals surface area (Å²) in [5, 5.41) is 1.24. The second-order valence-corrected chi connectivity index (χ2v) is 5.31. The number of rotatable bonds is 4. The van der Waals surface area contributed by atoms with E-state index in [1.54, 1.807) is 6.92 Å². The summed E-state index contributed by atoms with van der Waals surface area (Å²) in [7, 11) is 0. The molecule has 0 atom stereocenters. The van der Waals surface area contributed by atoms with Crippen LogP contribution in [0.15, 0.2) is 42.3 Å². The first-order chi connectivity index (χ1) is 10.8. The van der Waals surface area contributed by atoms with Crippen LogP contribution in [0, 0.1) is 0 Å². The average molecular weight is 300 g/mol. The molecular weight excluding hydrogens is 280 g/mol. The number of carbonyl (C=O) groups is 1. The fourth-order valence-corrected chi connectivity index (χ4v) is 2.74. The van der Waals surface area contributed by atoms with Gasteiger partial charge in [-0.3, -0.25) is 4.90 Å². The number of nitrogens with zero attached hydrogens (tertiary/aromatic N) is 1. The third-order valence-corrected chi connectivity index (χ3v) is 3.74. The maximum atomic E-state index is 11.4. The fraction of sp³-hybridized carbons (Fsp3) is 0.353. The van der Waals surface area contributed by atoms with Crippen LogP contribution in [-0.4, -0.2) is 35.7 Å². The molecule has 0 bridgehead atoms. The van der Waals surface area contributed by atoms with Crippen molar-refractivity contribution in [3.8, 4) is 0 Å². The van der Waals surface area contributed by atoms with Gasteiger partial charge in [-0.25, -0.2) is 4.79 Å². The van der Waals surface area contributed by atoms with Gasteiger partial charge in [0.25, 0.3) is 0 Å². The van der Waals surface area contributed by atoms with E-state index < -0.39 is 6.16 Å². The van der Waals surface area contributed by atoms with E-state index in [1.807, 2.05) is 18.2 Å². The SMILES string of the molecule is CCOC(=O)OC1=CCCN(Cc2c[nH]c3ccccc23)C1. The first-order valence-electron chi connectivity index (χ1n) is 7.57. The molecule has 3 rings (SSSR count). The molecule has 0 saturated carbocycles. The Balaban J connectivity index is 1.64. The Bertz CT molecular complexity index is 690. The molecule has 1 aromatic carbocycles. The molecule has 1 aromatic heterocycles. The number of aromatic amines is 1. The zero-order valence-electron chi connectivity index (χ0n) is 12.7. The Labute approximate surface area is 129 Å². The van der Waals surface area contributed by atoms with E-state index in [9.17, 15) is 4.79 Å². The van der Waals surface area contributed by atoms with Gasteiger partial charge in [-0.1, -0.05) is 18.2 Å². The largest absolute Gasteiger partial charge is 0.513 e. The minimum absolute atomic E-state index is 0.325. The number of para-hydroxylation sites is 1. The van der Waals surface area contributed by atoms with Crippen LogP contribution in [0.5, 0.6) is 0 Å². The fourth-order valence-electron chi connectivity index (χ4n) is 2.74. The number of aromatic nitrogens is 1. The van der Waals surface area contributed by atoms with Crippen molar-refractivity contribution in [2.45, 2.75) is 19.9 Å². The molecule has 0 fully saturated rings. The van der Waals surface area contributed by atoms with Crippen LogP contribution in [0.4, 0.5) is 4.79 Å². The predicted molar refractivity (Wildman–Crippen MR) is 84.4 cm³/mol. The Hall–Kier alpha value is -2.27. The maximum Gasteiger partial charge on any atom is 0.513 e. The molecule has 2 heterocycles. The average Bonchev–Trinajstić information content (AvgIpc) is 2.91. The van der Waals surface area contributed by atoms with E-state index in [0.29, 0.717) is 18.9 Å². The molecule has 5 nitrogen and oxygen atoms in total. The maximum absolute atomic E-state index is 11.4. The van der Waals surface area contributed by atoms with E-state index in [2.05, 4.69) is 28.2 Å². The minimum Gasteiger partial charge on any atom is -0.434 e. The van der Waals surface area contributed by atoms with E-state index in [0.717, 1.165) is 25.0 Å². The number of hydrogen-bond donors (Lipinski definition) is 1. The molecule has 1 N–H and O–H groups in total. The molecule has 5 heteroatoms. The zero-order chi connectivity index (χ0) is 15.4. The highest BCUT2D eigenvalue weighted by Gasteiger charge is 2.18. The van der Waals surface area contributed by atoms with Gasteiger partial charge in [0.15, 0.2) is 0 Å². The number of H-pyrrole nitrogens is 1. The monoisotopic (exact) mass is 300 g/mol. The number of fused-ring (bicyclic) bond motifs is 1. The molecule has 0 saturated heterocycles. The zero-order valence-corrected chi connectivity index (χ0v) is 12.7. The highest BCUT2D eigenvalue weighted by atomic mass is 16.7. The summed E-state index contributed by atoms with van der Waals surface area (Å²) in [4.78, 5) is 17.0. The van der Waals surface area contributed by atoms with Gasteiger partial charge < -0.3 is 14.5 Å². The molecule has 1 aliphatic rings. The van der Waals surface area contributed by atoms with Gasteiger partial charge in [0.2, 0.25) is 0 Å². The lowest BCUT2D eigenvalue weighted by Gasteiger charge is -2.26. The summed E-state index contributed by atoms with van der Waals surface area (Å²) in [6.45, 7) is 4.49. The van der Waals surface area contributed by atoms with Gasteiger partial charge in [0.05, 0.1) is 13.2 Å². The van der Waals surface area contributed by atoms with Crippen LogP contribution in [0.3, 0.4) is 0 Å². The number of carbonyl (C=O) groups excluding carboxylic acids is 1. The number of hydrogen-bond acceptors (Lipinski definition) is 4. The third-order valence-electron chi connectivity index (χ3n) is 3.74. The minimum atomic E-state index is -0.623. The molecule has 0 spiro atoms. The van der Waals surface area contributed by atoms with Gasteiger partial charge >= 0.3 is 6.16 Å². The van der Waals surface area contributed by atoms with Crippen molar-refractivity contribution in [3.63, 3.8) is 0 Å². The van der Waals surface area contributed by atoms with Crippen LogP contribution in [-0.2, 0) is 16.0 Å². The first kappa shape index (κ1) is 14.7. The normalized spacial score (nSPS) is 15.6. The molecule has 22 heavy (non-hydrogen) atoms. The van der Waals surface area contributed by atoms with Gasteiger partial charge in [0.1, 0.15) is 5.76 Å². The van der Waals surface area contributed by atoms with Gasteiger partial charge in [0, 0.05) is 30.2 Å². The Morgan fingerprint density at radius 2 is 2.23 bits per heavy atom. The molecule has 0 amide bonds. The number of benzene rings is 1. The quantitative estimate of drug-likeness (QED) is 0.879. The summed E-state index contributed by atoms with van der Waals surface area (Å²) < 4.78 is 10.0. The van der Waals surface area contributed by atoms with E-state index in [-0.39, 0.29) is 0 Å². The molecule has 116 valence electrons. The standard InChI is InChI=1S/C17H20N2O3/c1-2-21-17(20)22-14-6-5-9-19(12-14)11-13-10-18-16-8-4-3-7-15(13)16/h3-4,6-8,10,18H,2,5,9,11-12H2,1H3. The van der Waals surface area contributed by atoms with Crippen molar-refractivity contribution in [1.29, 1.82) is 0 Å². The summed E-state index contributed by atoms with van der Waals surface area (Å²) in [5.41, 5.74) is 2.40.